The van der Waals surface area contributed by atoms with Gasteiger partial charge in [-0.05, 0) is 54.6 Å². The molecule has 0 saturated carbocycles. The van der Waals surface area contributed by atoms with Crippen LogP contribution in [0.1, 0.15) is 12.0 Å². The first kappa shape index (κ1) is 24.6. The molecule has 1 spiro atoms. The van der Waals surface area contributed by atoms with Gasteiger partial charge in [-0.1, -0.05) is 18.2 Å². The van der Waals surface area contributed by atoms with E-state index in [1.54, 1.807) is 48.5 Å². The molecule has 190 valence electrons. The Kier molecular flexibility index (Phi) is 6.19. The molecule has 0 bridgehead atoms. The molecule has 3 aromatic rings. The minimum absolute atomic E-state index is 0.0417. The quantitative estimate of drug-likeness (QED) is 0.482. The predicted molar refractivity (Wildman–Crippen MR) is 133 cm³/mol. The van der Waals surface area contributed by atoms with E-state index < -0.39 is 25.8 Å². The van der Waals surface area contributed by atoms with Crippen LogP contribution in [0.3, 0.4) is 0 Å². The second-order valence-electron chi connectivity index (χ2n) is 8.41. The van der Waals surface area contributed by atoms with Crippen molar-refractivity contribution >= 4 is 25.7 Å². The van der Waals surface area contributed by atoms with E-state index in [9.17, 15) is 16.8 Å². The summed E-state index contributed by atoms with van der Waals surface area (Å²) in [5.74, 6) is 1.09. The Bertz CT molecular complexity index is 1470. The molecular formula is C25H26N2O7S2. The van der Waals surface area contributed by atoms with Crippen molar-refractivity contribution in [2.45, 2.75) is 21.9 Å². The van der Waals surface area contributed by atoms with Crippen molar-refractivity contribution in [1.82, 2.24) is 4.31 Å². The van der Waals surface area contributed by atoms with Gasteiger partial charge in [0.15, 0.2) is 5.72 Å². The molecule has 0 radical (unpaired) electrons. The van der Waals surface area contributed by atoms with Crippen LogP contribution < -0.4 is 13.8 Å². The molecule has 2 aliphatic rings. The molecular weight excluding hydrogens is 504 g/mol. The first-order chi connectivity index (χ1) is 17.2. The lowest BCUT2D eigenvalue weighted by Crippen LogP contribution is -2.52. The highest BCUT2D eigenvalue weighted by Gasteiger charge is 2.54. The van der Waals surface area contributed by atoms with Gasteiger partial charge in [0.1, 0.15) is 11.5 Å². The van der Waals surface area contributed by atoms with Crippen molar-refractivity contribution in [3.8, 4) is 11.5 Å². The van der Waals surface area contributed by atoms with Crippen molar-refractivity contribution in [3.05, 3.63) is 78.4 Å². The number of hydrogen-bond donors (Lipinski definition) is 0. The zero-order valence-corrected chi connectivity index (χ0v) is 21.5. The maximum absolute atomic E-state index is 13.7. The summed E-state index contributed by atoms with van der Waals surface area (Å²) in [5.41, 5.74) is -0.444. The molecule has 0 N–H and O–H groups in total. The van der Waals surface area contributed by atoms with Crippen LogP contribution >= 0.6 is 0 Å². The van der Waals surface area contributed by atoms with Crippen molar-refractivity contribution in [1.29, 1.82) is 0 Å². The van der Waals surface area contributed by atoms with E-state index >= 15 is 0 Å². The topological polar surface area (TPSA) is 102 Å². The average Bonchev–Trinajstić information content (AvgIpc) is 3.34. The van der Waals surface area contributed by atoms with Crippen molar-refractivity contribution in [2.75, 3.05) is 38.2 Å². The van der Waals surface area contributed by atoms with Crippen molar-refractivity contribution < 1.29 is 31.0 Å². The summed E-state index contributed by atoms with van der Waals surface area (Å²) >= 11 is 0. The number of ether oxygens (including phenoxy) is 3. The number of benzene rings is 3. The van der Waals surface area contributed by atoms with Crippen LogP contribution in [0.15, 0.2) is 82.6 Å². The van der Waals surface area contributed by atoms with Crippen LogP contribution in [-0.2, 0) is 30.5 Å². The minimum atomic E-state index is -3.96. The van der Waals surface area contributed by atoms with Gasteiger partial charge in [0, 0.05) is 25.1 Å². The van der Waals surface area contributed by atoms with Gasteiger partial charge in [0.2, 0.25) is 10.0 Å². The Balaban J connectivity index is 1.57. The number of nitrogens with zero attached hydrogens (tertiary/aromatic N) is 2. The van der Waals surface area contributed by atoms with Gasteiger partial charge >= 0.3 is 0 Å². The van der Waals surface area contributed by atoms with Gasteiger partial charge in [0.05, 0.1) is 36.3 Å². The minimum Gasteiger partial charge on any atom is -0.497 e. The lowest BCUT2D eigenvalue weighted by Gasteiger charge is -2.44. The van der Waals surface area contributed by atoms with E-state index in [0.717, 1.165) is 0 Å². The summed E-state index contributed by atoms with van der Waals surface area (Å²) in [5, 5.41) is 0. The molecule has 2 heterocycles. The third-order valence-electron chi connectivity index (χ3n) is 6.58. The smallest absolute Gasteiger partial charge is 0.264 e. The average molecular weight is 531 g/mol. The highest BCUT2D eigenvalue weighted by molar-refractivity contribution is 7.92. The molecule has 3 aromatic carbocycles. The zero-order valence-electron chi connectivity index (χ0n) is 19.8. The van der Waals surface area contributed by atoms with Crippen LogP contribution in [-0.4, -0.2) is 55.1 Å². The first-order valence-corrected chi connectivity index (χ1v) is 14.2. The van der Waals surface area contributed by atoms with E-state index in [1.807, 2.05) is 0 Å². The van der Waals surface area contributed by atoms with E-state index in [4.69, 9.17) is 14.2 Å². The van der Waals surface area contributed by atoms with Crippen molar-refractivity contribution in [3.63, 3.8) is 0 Å². The number of rotatable bonds is 6. The van der Waals surface area contributed by atoms with Crippen LogP contribution in [0.5, 0.6) is 11.5 Å². The first-order valence-electron chi connectivity index (χ1n) is 11.3. The Labute approximate surface area is 210 Å². The molecule has 2 aliphatic heterocycles. The number of hydrogen-bond acceptors (Lipinski definition) is 7. The molecule has 1 atom stereocenters. The Morgan fingerprint density at radius 2 is 1.31 bits per heavy atom. The fourth-order valence-electron chi connectivity index (χ4n) is 4.80. The molecule has 0 amide bonds. The Hall–Kier alpha value is -3.12. The van der Waals surface area contributed by atoms with Crippen LogP contribution in [0, 0.1) is 0 Å². The highest BCUT2D eigenvalue weighted by atomic mass is 32.2. The monoisotopic (exact) mass is 530 g/mol. The number of fused-ring (bicyclic) bond motifs is 2. The zero-order chi connectivity index (χ0) is 25.6. The Morgan fingerprint density at radius 1 is 0.750 bits per heavy atom. The molecule has 5 rings (SSSR count). The predicted octanol–water partition coefficient (Wildman–Crippen LogP) is 3.18. The fourth-order valence-corrected chi connectivity index (χ4v) is 7.97. The number of para-hydroxylation sites is 1. The van der Waals surface area contributed by atoms with Gasteiger partial charge in [-0.3, -0.25) is 4.31 Å². The number of anilines is 1. The molecule has 0 aliphatic carbocycles. The van der Waals surface area contributed by atoms with Gasteiger partial charge in [0.25, 0.3) is 10.0 Å². The molecule has 36 heavy (non-hydrogen) atoms. The van der Waals surface area contributed by atoms with Crippen LogP contribution in [0.2, 0.25) is 0 Å². The lowest BCUT2D eigenvalue weighted by molar-refractivity contribution is -0.0620. The summed E-state index contributed by atoms with van der Waals surface area (Å²) < 4.78 is 73.8. The molecule has 9 nitrogen and oxygen atoms in total. The summed E-state index contributed by atoms with van der Waals surface area (Å²) in [6.45, 7) is 0.378. The maximum Gasteiger partial charge on any atom is 0.264 e. The van der Waals surface area contributed by atoms with Gasteiger partial charge < -0.3 is 14.2 Å². The summed E-state index contributed by atoms with van der Waals surface area (Å²) in [6, 6.07) is 19.2. The van der Waals surface area contributed by atoms with Crippen LogP contribution in [0.4, 0.5) is 5.69 Å². The molecule has 1 unspecified atom stereocenters. The lowest BCUT2D eigenvalue weighted by atomic mass is 9.94. The van der Waals surface area contributed by atoms with Crippen molar-refractivity contribution in [2.24, 2.45) is 0 Å². The number of methoxy groups -OCH3 is 2. The standard InChI is InChI=1S/C25H26N2O7S2/c1-32-19-7-11-21(12-8-19)35(28,29)26-16-15-25(23-5-3-4-6-24(23)26)27(17-18-34-25)36(30,31)22-13-9-20(33-2)10-14-22/h3-14H,15-18H2,1-2H3. The number of sulfonamides is 2. The third kappa shape index (κ3) is 3.83. The summed E-state index contributed by atoms with van der Waals surface area (Å²) in [6.07, 6.45) is 0.134. The van der Waals surface area contributed by atoms with Crippen LogP contribution in [0.25, 0.3) is 0 Å². The summed E-state index contributed by atoms with van der Waals surface area (Å²) in [7, 11) is -4.85. The third-order valence-corrected chi connectivity index (χ3v) is 10.3. The Morgan fingerprint density at radius 3 is 1.89 bits per heavy atom. The molecule has 1 saturated heterocycles. The molecule has 1 fully saturated rings. The van der Waals surface area contributed by atoms with Gasteiger partial charge in [-0.15, -0.1) is 0 Å². The van der Waals surface area contributed by atoms with E-state index in [1.165, 1.54) is 47.1 Å². The second-order valence-corrected chi connectivity index (χ2v) is 12.1. The van der Waals surface area contributed by atoms with E-state index in [-0.39, 0.29) is 35.9 Å². The second kappa shape index (κ2) is 9.07. The van der Waals surface area contributed by atoms with Gasteiger partial charge in [-0.25, -0.2) is 16.8 Å². The normalized spacial score (nSPS) is 20.3. The molecule has 11 heteroatoms. The molecule has 0 aromatic heterocycles. The summed E-state index contributed by atoms with van der Waals surface area (Å²) in [4.78, 5) is 0.225. The largest absolute Gasteiger partial charge is 0.497 e. The highest BCUT2D eigenvalue weighted by Crippen LogP contribution is 2.49. The fraction of sp³-hybridized carbons (Fsp3) is 0.280. The van der Waals surface area contributed by atoms with E-state index in [0.29, 0.717) is 22.7 Å². The van der Waals surface area contributed by atoms with E-state index in [2.05, 4.69) is 0 Å². The SMILES string of the molecule is COc1ccc(S(=O)(=O)N2CCC3(OCCN3S(=O)(=O)c3ccc(OC)cc3)c3ccccc32)cc1. The maximum atomic E-state index is 13.7. The van der Waals surface area contributed by atoms with Gasteiger partial charge in [-0.2, -0.15) is 4.31 Å².